The Morgan fingerprint density at radius 3 is 3.00 bits per heavy atom. The molecule has 2 aromatic rings. The molecule has 0 radical (unpaired) electrons. The Hall–Kier alpha value is -1.04. The molecule has 1 atom stereocenters. The molecule has 1 aromatic heterocycles. The number of benzene rings is 1. The molecule has 1 N–H and O–H groups in total. The summed E-state index contributed by atoms with van der Waals surface area (Å²) in [5.74, 6) is 0. The van der Waals surface area contributed by atoms with Gasteiger partial charge in [0.1, 0.15) is 0 Å². The number of carbonyl (C=O) groups excluding carboxylic acids is 1. The van der Waals surface area contributed by atoms with Crippen molar-refractivity contribution in [1.82, 2.24) is 4.98 Å². The lowest BCUT2D eigenvalue weighted by Crippen LogP contribution is -2.16. The van der Waals surface area contributed by atoms with Crippen molar-refractivity contribution < 1.29 is 9.53 Å². The van der Waals surface area contributed by atoms with Crippen molar-refractivity contribution in [3.8, 4) is 0 Å². The minimum Gasteiger partial charge on any atom is -0.446 e. The lowest BCUT2D eigenvalue weighted by atomic mass is 10.1. The maximum Gasteiger partial charge on any atom is 0.294 e. The van der Waals surface area contributed by atoms with Gasteiger partial charge in [-0.15, -0.1) is 0 Å². The highest BCUT2D eigenvalue weighted by atomic mass is 127. The molecular weight excluding hydrogens is 305 g/mol. The second-order valence-corrected chi connectivity index (χ2v) is 5.47. The molecular formula is C11H10INO2. The fourth-order valence-electron chi connectivity index (χ4n) is 1.48. The molecule has 1 aromatic carbocycles. The zero-order chi connectivity index (χ0) is 10.9. The summed E-state index contributed by atoms with van der Waals surface area (Å²) in [7, 11) is 0. The molecule has 0 aliphatic rings. The zero-order valence-corrected chi connectivity index (χ0v) is 10.3. The maximum atomic E-state index is 10.4. The predicted molar refractivity (Wildman–Crippen MR) is 66.8 cm³/mol. The predicted octanol–water partition coefficient (Wildman–Crippen LogP) is 2.95. The third-order valence-electron chi connectivity index (χ3n) is 2.34. The Morgan fingerprint density at radius 1 is 1.47 bits per heavy atom. The van der Waals surface area contributed by atoms with Gasteiger partial charge >= 0.3 is 0 Å². The van der Waals surface area contributed by atoms with E-state index in [0.29, 0.717) is 6.47 Å². The van der Waals surface area contributed by atoms with E-state index in [1.54, 1.807) is 0 Å². The molecule has 0 amide bonds. The van der Waals surface area contributed by atoms with Crippen LogP contribution < -0.4 is 0 Å². The number of ether oxygens (including phenoxy) is 1. The van der Waals surface area contributed by atoms with Gasteiger partial charge in [-0.05, 0) is 47.0 Å². The Balaban J connectivity index is 2.47. The lowest BCUT2D eigenvalue weighted by molar-refractivity contribution is -0.134. The number of aromatic nitrogens is 1. The topological polar surface area (TPSA) is 42.1 Å². The van der Waals surface area contributed by atoms with Crippen LogP contribution in [0.1, 0.15) is 12.5 Å². The summed E-state index contributed by atoms with van der Waals surface area (Å²) in [4.78, 5) is 13.5. The molecule has 2 rings (SSSR count). The van der Waals surface area contributed by atoms with Crippen molar-refractivity contribution in [3.63, 3.8) is 0 Å². The van der Waals surface area contributed by atoms with Gasteiger partial charge in [-0.25, -0.2) is 0 Å². The van der Waals surface area contributed by atoms with Crippen molar-refractivity contribution in [2.24, 2.45) is 0 Å². The highest BCUT2D eigenvalue weighted by Crippen LogP contribution is 2.33. The SMILES string of the molecule is CC(I)(OC=O)c1ccc2cc[nH]c2c1. The zero-order valence-electron chi connectivity index (χ0n) is 8.16. The van der Waals surface area contributed by atoms with E-state index in [1.165, 1.54) is 0 Å². The van der Waals surface area contributed by atoms with E-state index in [1.807, 2.05) is 37.4 Å². The fraction of sp³-hybridized carbons (Fsp3) is 0.182. The minimum absolute atomic E-state index is 0.478. The van der Waals surface area contributed by atoms with Crippen molar-refractivity contribution >= 4 is 40.0 Å². The summed E-state index contributed by atoms with van der Waals surface area (Å²) in [5, 5.41) is 1.15. The minimum atomic E-state index is -0.612. The molecule has 0 saturated carbocycles. The number of halogens is 1. The van der Waals surface area contributed by atoms with Crippen LogP contribution in [0.4, 0.5) is 0 Å². The quantitative estimate of drug-likeness (QED) is 0.537. The summed E-state index contributed by atoms with van der Waals surface area (Å²) in [6, 6.07) is 7.97. The van der Waals surface area contributed by atoms with Crippen LogP contribution in [0.25, 0.3) is 10.9 Å². The van der Waals surface area contributed by atoms with E-state index in [-0.39, 0.29) is 0 Å². The summed E-state index contributed by atoms with van der Waals surface area (Å²) < 4.78 is 4.42. The van der Waals surface area contributed by atoms with Crippen LogP contribution in [0.5, 0.6) is 0 Å². The first-order valence-electron chi connectivity index (χ1n) is 4.51. The van der Waals surface area contributed by atoms with Crippen molar-refractivity contribution in [2.45, 2.75) is 10.5 Å². The third-order valence-corrected chi connectivity index (χ3v) is 3.22. The van der Waals surface area contributed by atoms with E-state index in [9.17, 15) is 4.79 Å². The second kappa shape index (κ2) is 3.84. The van der Waals surface area contributed by atoms with Gasteiger partial charge in [-0.1, -0.05) is 12.1 Å². The number of nitrogens with one attached hydrogen (secondary N) is 1. The molecule has 4 heteroatoms. The molecule has 78 valence electrons. The molecule has 0 bridgehead atoms. The van der Waals surface area contributed by atoms with E-state index < -0.39 is 3.61 Å². The number of aromatic amines is 1. The smallest absolute Gasteiger partial charge is 0.294 e. The van der Waals surface area contributed by atoms with Gasteiger partial charge in [-0.2, -0.15) is 0 Å². The Labute approximate surface area is 101 Å². The monoisotopic (exact) mass is 315 g/mol. The van der Waals surface area contributed by atoms with Crippen molar-refractivity contribution in [3.05, 3.63) is 36.0 Å². The largest absolute Gasteiger partial charge is 0.446 e. The summed E-state index contributed by atoms with van der Waals surface area (Å²) >= 11 is 2.11. The molecule has 0 fully saturated rings. The van der Waals surface area contributed by atoms with Gasteiger partial charge in [-0.3, -0.25) is 4.79 Å². The van der Waals surface area contributed by atoms with E-state index in [2.05, 4.69) is 27.6 Å². The maximum absolute atomic E-state index is 10.4. The van der Waals surface area contributed by atoms with Crippen LogP contribution in [0.3, 0.4) is 0 Å². The van der Waals surface area contributed by atoms with Gasteiger partial charge in [0.25, 0.3) is 6.47 Å². The molecule has 15 heavy (non-hydrogen) atoms. The molecule has 0 saturated heterocycles. The lowest BCUT2D eigenvalue weighted by Gasteiger charge is -2.20. The number of alkyl halides is 1. The van der Waals surface area contributed by atoms with E-state index >= 15 is 0 Å². The van der Waals surface area contributed by atoms with Crippen LogP contribution >= 0.6 is 22.6 Å². The van der Waals surface area contributed by atoms with E-state index in [0.717, 1.165) is 16.5 Å². The third kappa shape index (κ3) is 1.99. The first-order valence-corrected chi connectivity index (χ1v) is 5.59. The molecule has 0 aliphatic heterocycles. The first kappa shape index (κ1) is 10.5. The van der Waals surface area contributed by atoms with Gasteiger partial charge in [0, 0.05) is 17.3 Å². The standard InChI is InChI=1S/C11H10INO2/c1-11(12,15-7-14)9-3-2-8-4-5-13-10(8)6-9/h2-7,13H,1H3. The normalized spacial score (nSPS) is 14.8. The van der Waals surface area contributed by atoms with Crippen molar-refractivity contribution in [2.75, 3.05) is 0 Å². The van der Waals surface area contributed by atoms with Gasteiger partial charge in [0.05, 0.1) is 0 Å². The van der Waals surface area contributed by atoms with Gasteiger partial charge in [0.15, 0.2) is 3.61 Å². The molecule has 1 heterocycles. The number of rotatable bonds is 3. The average Bonchev–Trinajstić information content (AvgIpc) is 2.63. The van der Waals surface area contributed by atoms with Crippen LogP contribution in [0, 0.1) is 0 Å². The number of carbonyl (C=O) groups is 1. The fourth-order valence-corrected chi connectivity index (χ4v) is 1.92. The van der Waals surface area contributed by atoms with Crippen LogP contribution in [-0.4, -0.2) is 11.5 Å². The highest BCUT2D eigenvalue weighted by Gasteiger charge is 2.24. The Morgan fingerprint density at radius 2 is 2.27 bits per heavy atom. The second-order valence-electron chi connectivity index (χ2n) is 3.41. The number of hydrogen-bond donors (Lipinski definition) is 1. The number of hydrogen-bond acceptors (Lipinski definition) is 2. The number of H-pyrrole nitrogens is 1. The summed E-state index contributed by atoms with van der Waals surface area (Å²) in [5.41, 5.74) is 2.01. The van der Waals surface area contributed by atoms with Gasteiger partial charge < -0.3 is 9.72 Å². The molecule has 0 aliphatic carbocycles. The average molecular weight is 315 g/mol. The molecule has 3 nitrogen and oxygen atoms in total. The molecule has 1 unspecified atom stereocenters. The highest BCUT2D eigenvalue weighted by molar-refractivity contribution is 14.1. The molecule has 0 spiro atoms. The van der Waals surface area contributed by atoms with Crippen molar-refractivity contribution in [1.29, 1.82) is 0 Å². The summed E-state index contributed by atoms with van der Waals surface area (Å²) in [6.07, 6.45) is 1.89. The van der Waals surface area contributed by atoms with Gasteiger partial charge in [0.2, 0.25) is 0 Å². The number of fused-ring (bicyclic) bond motifs is 1. The van der Waals surface area contributed by atoms with Crippen LogP contribution in [-0.2, 0) is 13.1 Å². The summed E-state index contributed by atoms with van der Waals surface area (Å²) in [6.45, 7) is 2.33. The Kier molecular flexibility index (Phi) is 2.68. The van der Waals surface area contributed by atoms with E-state index in [4.69, 9.17) is 4.74 Å². The first-order chi connectivity index (χ1) is 7.13. The van der Waals surface area contributed by atoms with Crippen LogP contribution in [0.2, 0.25) is 0 Å². The van der Waals surface area contributed by atoms with Crippen LogP contribution in [0.15, 0.2) is 30.5 Å². The Bertz CT molecular complexity index is 490.